The van der Waals surface area contributed by atoms with Gasteiger partial charge in [0.05, 0.1) is 12.1 Å². The Bertz CT molecular complexity index is 655. The van der Waals surface area contributed by atoms with Crippen molar-refractivity contribution in [2.45, 2.75) is 13.5 Å². The van der Waals surface area contributed by atoms with Gasteiger partial charge in [-0.15, -0.1) is 10.2 Å². The first kappa shape index (κ1) is 13.7. The summed E-state index contributed by atoms with van der Waals surface area (Å²) in [6.45, 7) is 1.83. The molecule has 7 nitrogen and oxygen atoms in total. The number of nitrogens with zero attached hydrogens (tertiary/aromatic N) is 3. The maximum atomic E-state index is 12.1. The fourth-order valence-electron chi connectivity index (χ4n) is 1.61. The molecule has 7 heteroatoms. The first-order chi connectivity index (χ1) is 9.70. The topological polar surface area (TPSA) is 104 Å². The number of carbonyl (C=O) groups is 1. The number of aliphatic hydroxyl groups is 1. The van der Waals surface area contributed by atoms with Crippen molar-refractivity contribution < 1.29 is 9.90 Å². The molecule has 0 aliphatic rings. The Hall–Kier alpha value is -2.72. The normalized spacial score (nSPS) is 9.70. The van der Waals surface area contributed by atoms with Crippen molar-refractivity contribution in [3.63, 3.8) is 0 Å². The molecule has 1 amide bonds. The van der Waals surface area contributed by atoms with Gasteiger partial charge in [0.15, 0.2) is 5.82 Å². The third kappa shape index (κ3) is 3.40. The number of hydrogen-bond acceptors (Lipinski definition) is 5. The average Bonchev–Trinajstić information content (AvgIpc) is 2.96. The van der Waals surface area contributed by atoms with Gasteiger partial charge in [-0.25, -0.2) is 0 Å². The van der Waals surface area contributed by atoms with E-state index in [1.807, 2.05) is 13.0 Å². The highest BCUT2D eigenvalue weighted by Gasteiger charge is 2.11. The summed E-state index contributed by atoms with van der Waals surface area (Å²) < 4.78 is 0. The van der Waals surface area contributed by atoms with Crippen LogP contribution in [-0.4, -0.2) is 38.2 Å². The van der Waals surface area contributed by atoms with Crippen LogP contribution in [-0.2, 0) is 6.54 Å². The molecule has 1 aromatic heterocycles. The Morgan fingerprint density at radius 2 is 2.35 bits per heavy atom. The highest BCUT2D eigenvalue weighted by Crippen LogP contribution is 2.11. The number of amides is 1. The van der Waals surface area contributed by atoms with Crippen LogP contribution in [0.1, 0.15) is 27.3 Å². The fourth-order valence-corrected chi connectivity index (χ4v) is 1.61. The summed E-state index contributed by atoms with van der Waals surface area (Å²) in [7, 11) is 0. The highest BCUT2D eigenvalue weighted by atomic mass is 16.2. The molecule has 0 saturated heterocycles. The molecule has 1 heterocycles. The third-order valence-electron chi connectivity index (χ3n) is 2.52. The Kier molecular flexibility index (Phi) is 4.42. The minimum absolute atomic E-state index is 0.177. The van der Waals surface area contributed by atoms with Crippen LogP contribution >= 0.6 is 0 Å². The first-order valence-corrected chi connectivity index (χ1v) is 5.91. The number of aliphatic hydroxyl groups excluding tert-OH is 1. The van der Waals surface area contributed by atoms with Gasteiger partial charge in [0.2, 0.25) is 0 Å². The second-order valence-electron chi connectivity index (χ2n) is 4.02. The van der Waals surface area contributed by atoms with Gasteiger partial charge in [0.1, 0.15) is 6.61 Å². The maximum absolute atomic E-state index is 12.1. The minimum Gasteiger partial charge on any atom is -0.384 e. The lowest BCUT2D eigenvalue weighted by Gasteiger charge is -2.06. The standard InChI is InChI=1S/C13H13N5O2/c1-9-4-5-11(10(7-9)3-2-6-19)13(20)14-8-12-15-17-18-16-12/h4-5,7,19H,6,8H2,1H3,(H,14,20)(H,15,16,17,18). The quantitative estimate of drug-likeness (QED) is 0.670. The molecule has 0 fully saturated rings. The zero-order valence-electron chi connectivity index (χ0n) is 10.8. The van der Waals surface area contributed by atoms with Crippen molar-refractivity contribution in [3.05, 3.63) is 40.7 Å². The number of hydrogen-bond donors (Lipinski definition) is 3. The van der Waals surface area contributed by atoms with Gasteiger partial charge in [-0.3, -0.25) is 4.79 Å². The summed E-state index contributed by atoms with van der Waals surface area (Å²) in [5.41, 5.74) is 2.01. The number of tetrazole rings is 1. The number of aromatic nitrogens is 4. The molecule has 0 spiro atoms. The lowest BCUT2D eigenvalue weighted by molar-refractivity contribution is 0.0949. The molecule has 3 N–H and O–H groups in total. The zero-order chi connectivity index (χ0) is 14.4. The van der Waals surface area contributed by atoms with Crippen LogP contribution in [0.2, 0.25) is 0 Å². The molecular weight excluding hydrogens is 258 g/mol. The summed E-state index contributed by atoms with van der Waals surface area (Å²) >= 11 is 0. The molecule has 2 rings (SSSR count). The SMILES string of the molecule is Cc1ccc(C(=O)NCc2nn[nH]n2)c(C#CCO)c1. The Labute approximate surface area is 115 Å². The smallest absolute Gasteiger partial charge is 0.252 e. The van der Waals surface area contributed by atoms with Gasteiger partial charge < -0.3 is 10.4 Å². The van der Waals surface area contributed by atoms with Crippen molar-refractivity contribution in [1.29, 1.82) is 0 Å². The predicted octanol–water partition coefficient (Wildman–Crippen LogP) is -0.218. The van der Waals surface area contributed by atoms with E-state index in [4.69, 9.17) is 5.11 Å². The fraction of sp³-hybridized carbons (Fsp3) is 0.231. The third-order valence-corrected chi connectivity index (χ3v) is 2.52. The van der Waals surface area contributed by atoms with E-state index >= 15 is 0 Å². The van der Waals surface area contributed by atoms with Gasteiger partial charge in [0.25, 0.3) is 5.91 Å². The van der Waals surface area contributed by atoms with Crippen molar-refractivity contribution in [1.82, 2.24) is 25.9 Å². The van der Waals surface area contributed by atoms with Crippen LogP contribution < -0.4 is 5.32 Å². The number of rotatable bonds is 3. The van der Waals surface area contributed by atoms with Gasteiger partial charge in [-0.05, 0) is 24.6 Å². The second-order valence-corrected chi connectivity index (χ2v) is 4.02. The number of benzene rings is 1. The first-order valence-electron chi connectivity index (χ1n) is 5.91. The molecule has 0 unspecified atom stereocenters. The molecule has 2 aromatic rings. The maximum Gasteiger partial charge on any atom is 0.252 e. The summed E-state index contributed by atoms with van der Waals surface area (Å²) in [5.74, 6) is 5.43. The van der Waals surface area contributed by atoms with E-state index in [1.54, 1.807) is 12.1 Å². The highest BCUT2D eigenvalue weighted by molar-refractivity contribution is 5.96. The van der Waals surface area contributed by atoms with Gasteiger partial charge >= 0.3 is 0 Å². The zero-order valence-corrected chi connectivity index (χ0v) is 10.8. The molecule has 20 heavy (non-hydrogen) atoms. The number of H-pyrrole nitrogens is 1. The Morgan fingerprint density at radius 1 is 1.50 bits per heavy atom. The predicted molar refractivity (Wildman–Crippen MR) is 70.5 cm³/mol. The van der Waals surface area contributed by atoms with Crippen molar-refractivity contribution in [2.24, 2.45) is 0 Å². The van der Waals surface area contributed by atoms with E-state index < -0.39 is 0 Å². The van der Waals surface area contributed by atoms with Crippen molar-refractivity contribution >= 4 is 5.91 Å². The summed E-state index contributed by atoms with van der Waals surface area (Å²) in [6, 6.07) is 5.32. The van der Waals surface area contributed by atoms with E-state index in [1.165, 1.54) is 0 Å². The van der Waals surface area contributed by atoms with Crippen LogP contribution in [0.4, 0.5) is 0 Å². The number of aryl methyl sites for hydroxylation is 1. The molecule has 0 radical (unpaired) electrons. The largest absolute Gasteiger partial charge is 0.384 e. The summed E-state index contributed by atoms with van der Waals surface area (Å²) in [6.07, 6.45) is 0. The monoisotopic (exact) mass is 271 g/mol. The molecule has 0 atom stereocenters. The van der Waals surface area contributed by atoms with E-state index in [2.05, 4.69) is 37.8 Å². The van der Waals surface area contributed by atoms with Gasteiger partial charge in [-0.2, -0.15) is 5.21 Å². The molecule has 0 aliphatic heterocycles. The van der Waals surface area contributed by atoms with Gasteiger partial charge in [0, 0.05) is 5.56 Å². The van der Waals surface area contributed by atoms with Crippen molar-refractivity contribution in [2.75, 3.05) is 6.61 Å². The van der Waals surface area contributed by atoms with Crippen molar-refractivity contribution in [3.8, 4) is 11.8 Å². The van der Waals surface area contributed by atoms with Crippen LogP contribution in [0.15, 0.2) is 18.2 Å². The second kappa shape index (κ2) is 6.45. The lowest BCUT2D eigenvalue weighted by atomic mass is 10.0. The Morgan fingerprint density at radius 3 is 3.05 bits per heavy atom. The van der Waals surface area contributed by atoms with Crippen LogP contribution in [0.3, 0.4) is 0 Å². The van der Waals surface area contributed by atoms with E-state index in [-0.39, 0.29) is 19.1 Å². The summed E-state index contributed by atoms with van der Waals surface area (Å²) in [4.78, 5) is 12.1. The molecule has 0 aliphatic carbocycles. The van der Waals surface area contributed by atoms with E-state index in [0.29, 0.717) is 17.0 Å². The number of aromatic amines is 1. The Balaban J connectivity index is 2.16. The van der Waals surface area contributed by atoms with Crippen LogP contribution in [0.5, 0.6) is 0 Å². The van der Waals surface area contributed by atoms with E-state index in [9.17, 15) is 4.79 Å². The molecular formula is C13H13N5O2. The molecule has 102 valence electrons. The van der Waals surface area contributed by atoms with Crippen LogP contribution in [0.25, 0.3) is 0 Å². The average molecular weight is 271 g/mol. The number of nitrogens with one attached hydrogen (secondary N) is 2. The summed E-state index contributed by atoms with van der Waals surface area (Å²) in [5, 5.41) is 24.6. The lowest BCUT2D eigenvalue weighted by Crippen LogP contribution is -2.24. The number of carbonyl (C=O) groups excluding carboxylic acids is 1. The molecule has 0 saturated carbocycles. The molecule has 0 bridgehead atoms. The van der Waals surface area contributed by atoms with E-state index in [0.717, 1.165) is 5.56 Å². The van der Waals surface area contributed by atoms with Crippen LogP contribution in [0, 0.1) is 18.8 Å². The minimum atomic E-state index is -0.281. The van der Waals surface area contributed by atoms with Gasteiger partial charge in [-0.1, -0.05) is 23.1 Å². The molecule has 1 aromatic carbocycles.